The van der Waals surface area contributed by atoms with E-state index in [2.05, 4.69) is 10.3 Å². The summed E-state index contributed by atoms with van der Waals surface area (Å²) in [4.78, 5) is 43.2. The van der Waals surface area contributed by atoms with E-state index in [1.807, 2.05) is 43.3 Å². The van der Waals surface area contributed by atoms with Crippen molar-refractivity contribution >= 4 is 45.5 Å². The number of nitrogens with one attached hydrogen (secondary N) is 1. The van der Waals surface area contributed by atoms with E-state index in [4.69, 9.17) is 4.74 Å². The van der Waals surface area contributed by atoms with Gasteiger partial charge in [0.1, 0.15) is 4.88 Å². The average molecular weight is 429 g/mol. The second-order valence-electron chi connectivity index (χ2n) is 6.16. The Balaban J connectivity index is 1.70. The highest BCUT2D eigenvalue weighted by Gasteiger charge is 2.21. The number of rotatable bonds is 8. The number of aromatic nitrogens is 1. The largest absolute Gasteiger partial charge is 0.462 e. The minimum absolute atomic E-state index is 0.0464. The third-order valence-electron chi connectivity index (χ3n) is 3.98. The molecule has 1 N–H and O–H groups in total. The maximum absolute atomic E-state index is 12.3. The standard InChI is InChI=1S/C21H20N2O4S2/c1-3-27-20(26)19-18(14-7-5-4-6-8-14)23-21(29-19)22-17(25)12-10-15(24)16-11-9-13(2)28-16/h4-9,11H,3,10,12H2,1-2H3,(H,22,23,25). The molecule has 0 fully saturated rings. The third-order valence-corrected chi connectivity index (χ3v) is 5.97. The van der Waals surface area contributed by atoms with Gasteiger partial charge >= 0.3 is 5.97 Å². The second kappa shape index (κ2) is 9.58. The fourth-order valence-electron chi connectivity index (χ4n) is 2.62. The van der Waals surface area contributed by atoms with Gasteiger partial charge < -0.3 is 10.1 Å². The van der Waals surface area contributed by atoms with Crippen molar-refractivity contribution in [1.29, 1.82) is 0 Å². The van der Waals surface area contributed by atoms with Crippen molar-refractivity contribution in [3.8, 4) is 11.3 Å². The topological polar surface area (TPSA) is 85.4 Å². The highest BCUT2D eigenvalue weighted by atomic mass is 32.1. The van der Waals surface area contributed by atoms with E-state index in [1.165, 1.54) is 11.3 Å². The molecule has 0 saturated carbocycles. The summed E-state index contributed by atoms with van der Waals surface area (Å²) in [6.07, 6.45) is 0.165. The molecule has 0 aliphatic rings. The lowest BCUT2D eigenvalue weighted by Crippen LogP contribution is -2.13. The number of carbonyl (C=O) groups is 3. The van der Waals surface area contributed by atoms with Gasteiger partial charge in [0.25, 0.3) is 0 Å². The summed E-state index contributed by atoms with van der Waals surface area (Å²) in [6.45, 7) is 3.91. The molecule has 0 bridgehead atoms. The number of ketones is 1. The number of Topliss-reactive ketones (excluding diaryl/α,β-unsaturated/α-hetero) is 1. The van der Waals surface area contributed by atoms with E-state index < -0.39 is 5.97 Å². The summed E-state index contributed by atoms with van der Waals surface area (Å²) in [5.41, 5.74) is 1.23. The molecule has 29 heavy (non-hydrogen) atoms. The number of anilines is 1. The minimum atomic E-state index is -0.479. The minimum Gasteiger partial charge on any atom is -0.462 e. The number of thiophene rings is 1. The quantitative estimate of drug-likeness (QED) is 0.405. The lowest BCUT2D eigenvalue weighted by molar-refractivity contribution is -0.116. The predicted octanol–water partition coefficient (Wildman–Crippen LogP) is 4.96. The van der Waals surface area contributed by atoms with Crippen molar-refractivity contribution in [2.45, 2.75) is 26.7 Å². The van der Waals surface area contributed by atoms with Crippen molar-refractivity contribution in [3.63, 3.8) is 0 Å². The molecule has 2 heterocycles. The fourth-order valence-corrected chi connectivity index (χ4v) is 4.35. The zero-order valence-electron chi connectivity index (χ0n) is 16.1. The molecular weight excluding hydrogens is 408 g/mol. The van der Waals surface area contributed by atoms with E-state index in [9.17, 15) is 14.4 Å². The molecule has 0 unspecified atom stereocenters. The Morgan fingerprint density at radius 3 is 2.45 bits per heavy atom. The van der Waals surface area contributed by atoms with Crippen molar-refractivity contribution in [1.82, 2.24) is 4.98 Å². The van der Waals surface area contributed by atoms with Crippen LogP contribution < -0.4 is 5.32 Å². The molecule has 0 atom stereocenters. The van der Waals surface area contributed by atoms with Crippen molar-refractivity contribution in [2.75, 3.05) is 11.9 Å². The molecule has 1 amide bonds. The normalized spacial score (nSPS) is 10.6. The maximum Gasteiger partial charge on any atom is 0.350 e. The van der Waals surface area contributed by atoms with Crippen LogP contribution in [0.1, 0.15) is 44.0 Å². The number of esters is 1. The van der Waals surface area contributed by atoms with Crippen LogP contribution in [0.25, 0.3) is 11.3 Å². The second-order valence-corrected chi connectivity index (χ2v) is 8.45. The SMILES string of the molecule is CCOC(=O)c1sc(NC(=O)CCC(=O)c2ccc(C)s2)nc1-c1ccccc1. The molecule has 3 rings (SSSR count). The molecule has 8 heteroatoms. The van der Waals surface area contributed by atoms with Gasteiger partial charge in [-0.3, -0.25) is 9.59 Å². The van der Waals surface area contributed by atoms with Crippen LogP contribution in [0.5, 0.6) is 0 Å². The Bertz CT molecular complexity index is 1020. The zero-order chi connectivity index (χ0) is 20.8. The van der Waals surface area contributed by atoms with Crippen LogP contribution in [0.3, 0.4) is 0 Å². The first-order chi connectivity index (χ1) is 14.0. The van der Waals surface area contributed by atoms with Gasteiger partial charge in [-0.05, 0) is 26.0 Å². The maximum atomic E-state index is 12.3. The molecule has 0 radical (unpaired) electrons. The van der Waals surface area contributed by atoms with Crippen LogP contribution in [-0.2, 0) is 9.53 Å². The highest BCUT2D eigenvalue weighted by molar-refractivity contribution is 7.18. The summed E-state index contributed by atoms with van der Waals surface area (Å²) in [5, 5.41) is 3.00. The highest BCUT2D eigenvalue weighted by Crippen LogP contribution is 2.32. The van der Waals surface area contributed by atoms with Gasteiger partial charge in [0.15, 0.2) is 10.9 Å². The Kier molecular flexibility index (Phi) is 6.90. The average Bonchev–Trinajstić information content (AvgIpc) is 3.33. The number of hydrogen-bond donors (Lipinski definition) is 1. The number of aryl methyl sites for hydroxylation is 1. The van der Waals surface area contributed by atoms with Crippen molar-refractivity contribution in [3.05, 3.63) is 57.1 Å². The van der Waals surface area contributed by atoms with E-state index in [0.29, 0.717) is 20.6 Å². The lowest BCUT2D eigenvalue weighted by Gasteiger charge is -2.01. The first-order valence-corrected chi connectivity index (χ1v) is 10.7. The summed E-state index contributed by atoms with van der Waals surface area (Å²) < 4.78 is 5.11. The number of carbonyl (C=O) groups excluding carboxylic acids is 3. The van der Waals surface area contributed by atoms with Crippen LogP contribution in [0, 0.1) is 6.92 Å². The van der Waals surface area contributed by atoms with Crippen LogP contribution in [0.2, 0.25) is 0 Å². The van der Waals surface area contributed by atoms with E-state index in [0.717, 1.165) is 21.8 Å². The number of amides is 1. The fraction of sp³-hybridized carbons (Fsp3) is 0.238. The van der Waals surface area contributed by atoms with Gasteiger partial charge in [-0.25, -0.2) is 9.78 Å². The first kappa shape index (κ1) is 20.9. The summed E-state index contributed by atoms with van der Waals surface area (Å²) in [7, 11) is 0. The van der Waals surface area contributed by atoms with Crippen molar-refractivity contribution < 1.29 is 19.1 Å². The summed E-state index contributed by atoms with van der Waals surface area (Å²) in [6, 6.07) is 12.9. The van der Waals surface area contributed by atoms with Gasteiger partial charge in [-0.15, -0.1) is 11.3 Å². The molecule has 0 aliphatic heterocycles. The van der Waals surface area contributed by atoms with Gasteiger partial charge in [-0.1, -0.05) is 41.7 Å². The molecule has 3 aromatic rings. The van der Waals surface area contributed by atoms with E-state index >= 15 is 0 Å². The summed E-state index contributed by atoms with van der Waals surface area (Å²) in [5.74, 6) is -0.863. The van der Waals surface area contributed by atoms with E-state index in [-0.39, 0.29) is 31.1 Å². The Hall–Kier alpha value is -2.84. The van der Waals surface area contributed by atoms with Gasteiger partial charge in [0.2, 0.25) is 5.91 Å². The molecular formula is C21H20N2O4S2. The van der Waals surface area contributed by atoms with Crippen LogP contribution in [-0.4, -0.2) is 29.3 Å². The third kappa shape index (κ3) is 5.36. The van der Waals surface area contributed by atoms with Crippen LogP contribution in [0.4, 0.5) is 5.13 Å². The van der Waals surface area contributed by atoms with Crippen LogP contribution in [0.15, 0.2) is 42.5 Å². The molecule has 150 valence electrons. The molecule has 0 saturated heterocycles. The molecule has 0 aliphatic carbocycles. The first-order valence-electron chi connectivity index (χ1n) is 9.10. The monoisotopic (exact) mass is 428 g/mol. The Labute approximate surface area is 176 Å². The van der Waals surface area contributed by atoms with Gasteiger partial charge in [-0.2, -0.15) is 0 Å². The number of benzene rings is 1. The summed E-state index contributed by atoms with van der Waals surface area (Å²) >= 11 is 2.48. The molecule has 6 nitrogen and oxygen atoms in total. The van der Waals surface area contributed by atoms with Gasteiger partial charge in [0.05, 0.1) is 17.2 Å². The Morgan fingerprint density at radius 1 is 1.03 bits per heavy atom. The number of hydrogen-bond acceptors (Lipinski definition) is 7. The van der Waals surface area contributed by atoms with E-state index in [1.54, 1.807) is 13.0 Å². The zero-order valence-corrected chi connectivity index (χ0v) is 17.7. The molecule has 1 aromatic carbocycles. The number of nitrogens with zero attached hydrogens (tertiary/aromatic N) is 1. The number of ether oxygens (including phenoxy) is 1. The predicted molar refractivity (Wildman–Crippen MR) is 115 cm³/mol. The van der Waals surface area contributed by atoms with Crippen molar-refractivity contribution in [2.24, 2.45) is 0 Å². The van der Waals surface area contributed by atoms with Gasteiger partial charge in [0, 0.05) is 23.3 Å². The lowest BCUT2D eigenvalue weighted by atomic mass is 10.1. The molecule has 2 aromatic heterocycles. The van der Waals surface area contributed by atoms with Crippen LogP contribution >= 0.6 is 22.7 Å². The Morgan fingerprint density at radius 2 is 1.79 bits per heavy atom. The molecule has 0 spiro atoms. The number of thiazole rings is 1. The smallest absolute Gasteiger partial charge is 0.350 e.